The molecule has 0 spiro atoms. The highest BCUT2D eigenvalue weighted by Crippen LogP contribution is 2.32. The monoisotopic (exact) mass is 328 g/mol. The number of benzene rings is 1. The van der Waals surface area contributed by atoms with E-state index < -0.39 is 0 Å². The van der Waals surface area contributed by atoms with Gasteiger partial charge in [-0.25, -0.2) is 0 Å². The first kappa shape index (κ1) is 14.8. The van der Waals surface area contributed by atoms with Crippen LogP contribution in [0.1, 0.15) is 25.3 Å². The average molecular weight is 329 g/mol. The van der Waals surface area contributed by atoms with E-state index in [1.165, 1.54) is 0 Å². The molecule has 1 heterocycles. The normalized spacial score (nSPS) is 24.4. The number of hydrazine groups is 1. The van der Waals surface area contributed by atoms with Crippen molar-refractivity contribution in [2.45, 2.75) is 37.8 Å². The fraction of sp³-hybridized carbons (Fsp3) is 0.571. The highest BCUT2D eigenvalue weighted by molar-refractivity contribution is 9.10. The summed E-state index contributed by atoms with van der Waals surface area (Å²) in [4.78, 5) is 0. The molecule has 5 heteroatoms. The van der Waals surface area contributed by atoms with Gasteiger partial charge in [-0.1, -0.05) is 15.9 Å². The number of methoxy groups -OCH3 is 1. The molecular weight excluding hydrogens is 308 g/mol. The van der Waals surface area contributed by atoms with Gasteiger partial charge in [-0.15, -0.1) is 0 Å². The summed E-state index contributed by atoms with van der Waals surface area (Å²) in [5, 5.41) is 0. The smallest absolute Gasteiger partial charge is 0.122 e. The highest BCUT2D eigenvalue weighted by atomic mass is 79.9. The standard InChI is InChI=1S/C14H21BrN2O2/c1-14(6-3-7-19-14)13(17-16)9-10-8-11(15)4-5-12(10)18-2/h4-5,8,13,17H,3,6-7,9,16H2,1-2H3. The topological polar surface area (TPSA) is 56.5 Å². The molecule has 0 saturated carbocycles. The fourth-order valence-corrected chi connectivity index (χ4v) is 3.06. The molecule has 1 aliphatic rings. The molecule has 0 amide bonds. The Morgan fingerprint density at radius 2 is 2.37 bits per heavy atom. The van der Waals surface area contributed by atoms with Crippen LogP contribution in [0.2, 0.25) is 0 Å². The van der Waals surface area contributed by atoms with Crippen LogP contribution in [0.25, 0.3) is 0 Å². The average Bonchev–Trinajstić information content (AvgIpc) is 2.84. The van der Waals surface area contributed by atoms with E-state index in [2.05, 4.69) is 34.3 Å². The van der Waals surface area contributed by atoms with Gasteiger partial charge in [-0.2, -0.15) is 0 Å². The SMILES string of the molecule is COc1ccc(Br)cc1CC(NN)C1(C)CCCO1. The summed E-state index contributed by atoms with van der Waals surface area (Å²) in [5.74, 6) is 6.61. The molecule has 2 rings (SSSR count). The Balaban J connectivity index is 2.20. The molecule has 0 radical (unpaired) electrons. The minimum Gasteiger partial charge on any atom is -0.496 e. The van der Waals surface area contributed by atoms with E-state index in [0.29, 0.717) is 0 Å². The lowest BCUT2D eigenvalue weighted by atomic mass is 9.88. The van der Waals surface area contributed by atoms with E-state index in [4.69, 9.17) is 15.3 Å². The summed E-state index contributed by atoms with van der Waals surface area (Å²) < 4.78 is 12.3. The summed E-state index contributed by atoms with van der Waals surface area (Å²) in [5.41, 5.74) is 3.82. The Bertz CT molecular complexity index is 433. The first-order valence-corrected chi connectivity index (χ1v) is 7.31. The van der Waals surface area contributed by atoms with Crippen molar-refractivity contribution in [1.82, 2.24) is 5.43 Å². The third-order valence-corrected chi connectivity index (χ3v) is 4.35. The van der Waals surface area contributed by atoms with Gasteiger partial charge in [0.2, 0.25) is 0 Å². The van der Waals surface area contributed by atoms with E-state index in [9.17, 15) is 0 Å². The maximum Gasteiger partial charge on any atom is 0.122 e. The van der Waals surface area contributed by atoms with Gasteiger partial charge in [-0.3, -0.25) is 11.3 Å². The van der Waals surface area contributed by atoms with Crippen molar-refractivity contribution in [2.75, 3.05) is 13.7 Å². The molecule has 1 aromatic carbocycles. The van der Waals surface area contributed by atoms with Crippen molar-refractivity contribution in [1.29, 1.82) is 0 Å². The van der Waals surface area contributed by atoms with E-state index in [0.717, 1.165) is 41.7 Å². The zero-order valence-electron chi connectivity index (χ0n) is 11.4. The number of nitrogens with two attached hydrogens (primary N) is 1. The molecule has 1 aromatic rings. The van der Waals surface area contributed by atoms with E-state index in [1.807, 2.05) is 12.1 Å². The molecule has 1 fully saturated rings. The fourth-order valence-electron chi connectivity index (χ4n) is 2.65. The van der Waals surface area contributed by atoms with Gasteiger partial charge >= 0.3 is 0 Å². The quantitative estimate of drug-likeness (QED) is 0.643. The van der Waals surface area contributed by atoms with Crippen LogP contribution in [-0.2, 0) is 11.2 Å². The van der Waals surface area contributed by atoms with Crippen LogP contribution in [-0.4, -0.2) is 25.4 Å². The lowest BCUT2D eigenvalue weighted by Gasteiger charge is -2.33. The van der Waals surface area contributed by atoms with E-state index in [1.54, 1.807) is 7.11 Å². The van der Waals surface area contributed by atoms with Crippen molar-refractivity contribution in [2.24, 2.45) is 5.84 Å². The van der Waals surface area contributed by atoms with Gasteiger partial charge in [0.15, 0.2) is 0 Å². The molecule has 0 aromatic heterocycles. The second-order valence-corrected chi connectivity index (χ2v) is 6.06. The Morgan fingerprint density at radius 3 is 2.95 bits per heavy atom. The number of halogens is 1. The molecule has 106 valence electrons. The molecule has 3 N–H and O–H groups in total. The van der Waals surface area contributed by atoms with Crippen LogP contribution in [0.3, 0.4) is 0 Å². The molecule has 19 heavy (non-hydrogen) atoms. The third-order valence-electron chi connectivity index (χ3n) is 3.85. The molecule has 1 saturated heterocycles. The lowest BCUT2D eigenvalue weighted by molar-refractivity contribution is -0.0116. The maximum atomic E-state index is 5.87. The molecule has 2 atom stereocenters. The molecule has 0 aliphatic carbocycles. The van der Waals surface area contributed by atoms with Gasteiger partial charge < -0.3 is 9.47 Å². The predicted molar refractivity (Wildman–Crippen MR) is 79.1 cm³/mol. The molecule has 4 nitrogen and oxygen atoms in total. The second-order valence-electron chi connectivity index (χ2n) is 5.14. The molecular formula is C14H21BrN2O2. The Labute approximate surface area is 122 Å². The molecule has 1 aliphatic heterocycles. The summed E-state index contributed by atoms with van der Waals surface area (Å²) in [6.07, 6.45) is 2.89. The van der Waals surface area contributed by atoms with Crippen LogP contribution in [0, 0.1) is 0 Å². The number of hydrogen-bond acceptors (Lipinski definition) is 4. The third kappa shape index (κ3) is 3.28. The van der Waals surface area contributed by atoms with Crippen LogP contribution in [0.15, 0.2) is 22.7 Å². The van der Waals surface area contributed by atoms with Crippen molar-refractivity contribution >= 4 is 15.9 Å². The van der Waals surface area contributed by atoms with Crippen LogP contribution < -0.4 is 16.0 Å². The predicted octanol–water partition coefficient (Wildman–Crippen LogP) is 2.40. The van der Waals surface area contributed by atoms with Crippen molar-refractivity contribution in [3.05, 3.63) is 28.2 Å². The van der Waals surface area contributed by atoms with E-state index >= 15 is 0 Å². The summed E-state index contributed by atoms with van der Waals surface area (Å²) in [6.45, 7) is 2.93. The minimum absolute atomic E-state index is 0.0678. The summed E-state index contributed by atoms with van der Waals surface area (Å²) in [6, 6.07) is 6.08. The van der Waals surface area contributed by atoms with Gasteiger partial charge in [0.05, 0.1) is 18.8 Å². The van der Waals surface area contributed by atoms with Crippen LogP contribution in [0.5, 0.6) is 5.75 Å². The summed E-state index contributed by atoms with van der Waals surface area (Å²) in [7, 11) is 1.69. The van der Waals surface area contributed by atoms with Gasteiger partial charge in [0, 0.05) is 11.1 Å². The van der Waals surface area contributed by atoms with Crippen LogP contribution in [0.4, 0.5) is 0 Å². The zero-order valence-corrected chi connectivity index (χ0v) is 13.0. The first-order valence-electron chi connectivity index (χ1n) is 6.51. The first-order chi connectivity index (χ1) is 9.09. The largest absolute Gasteiger partial charge is 0.496 e. The number of nitrogens with one attached hydrogen (secondary N) is 1. The van der Waals surface area contributed by atoms with Gasteiger partial charge in [0.25, 0.3) is 0 Å². The Kier molecular flexibility index (Phi) is 4.84. The van der Waals surface area contributed by atoms with E-state index in [-0.39, 0.29) is 11.6 Å². The van der Waals surface area contributed by atoms with Crippen LogP contribution >= 0.6 is 15.9 Å². The van der Waals surface area contributed by atoms with Crippen molar-refractivity contribution < 1.29 is 9.47 Å². The molecule has 2 unspecified atom stereocenters. The number of rotatable bonds is 5. The summed E-state index contributed by atoms with van der Waals surface area (Å²) >= 11 is 3.50. The number of hydrogen-bond donors (Lipinski definition) is 2. The van der Waals surface area contributed by atoms with Crippen molar-refractivity contribution in [3.8, 4) is 5.75 Å². The number of ether oxygens (including phenoxy) is 2. The Hall–Kier alpha value is -0.620. The van der Waals surface area contributed by atoms with Gasteiger partial charge in [0.1, 0.15) is 5.75 Å². The minimum atomic E-state index is -0.206. The Morgan fingerprint density at radius 1 is 1.58 bits per heavy atom. The zero-order chi connectivity index (χ0) is 13.9. The molecule has 0 bridgehead atoms. The lowest BCUT2D eigenvalue weighted by Crippen LogP contribution is -2.52. The second kappa shape index (κ2) is 6.22. The van der Waals surface area contributed by atoms with Crippen molar-refractivity contribution in [3.63, 3.8) is 0 Å². The van der Waals surface area contributed by atoms with Gasteiger partial charge in [-0.05, 0) is 49.9 Å². The highest BCUT2D eigenvalue weighted by Gasteiger charge is 2.38. The maximum absolute atomic E-state index is 5.87.